The van der Waals surface area contributed by atoms with Crippen molar-refractivity contribution in [1.82, 2.24) is 0 Å². The summed E-state index contributed by atoms with van der Waals surface area (Å²) >= 11 is 0. The van der Waals surface area contributed by atoms with Crippen molar-refractivity contribution in [3.8, 4) is 0 Å². The molecule has 7 atom stereocenters. The molecule has 0 aliphatic heterocycles. The average molecular weight is 488 g/mol. The summed E-state index contributed by atoms with van der Waals surface area (Å²) in [5.41, 5.74) is -7.12. The number of hydrogen-bond donors (Lipinski definition) is 2. The van der Waals surface area contributed by atoms with E-state index in [-0.39, 0.29) is 30.1 Å². The van der Waals surface area contributed by atoms with E-state index in [1.807, 2.05) is 13.8 Å². The van der Waals surface area contributed by atoms with Gasteiger partial charge in [0.2, 0.25) is 0 Å². The van der Waals surface area contributed by atoms with Crippen LogP contribution < -0.4 is 0 Å². The molecule has 2 rings (SSSR count). The minimum Gasteiger partial charge on any atom is -0.381 e. The van der Waals surface area contributed by atoms with Gasteiger partial charge in [0.25, 0.3) is 5.60 Å². The molecular weight excluding hydrogens is 455 g/mol. The van der Waals surface area contributed by atoms with Crippen LogP contribution in [0.4, 0.5) is 39.5 Å². The molecule has 32 heavy (non-hydrogen) atoms. The van der Waals surface area contributed by atoms with Crippen molar-refractivity contribution >= 4 is 0 Å². The van der Waals surface area contributed by atoms with Crippen LogP contribution in [0.3, 0.4) is 0 Å². The molecule has 0 aromatic heterocycles. The maximum Gasteiger partial charge on any atom is 0.426 e. The van der Waals surface area contributed by atoms with Crippen LogP contribution >= 0.6 is 0 Å². The Bertz CT molecular complexity index is 594. The summed E-state index contributed by atoms with van der Waals surface area (Å²) in [5.74, 6) is -0.330. The molecule has 0 radical (unpaired) electrons. The third kappa shape index (κ3) is 6.04. The molecule has 2 bridgehead atoms. The number of halogens is 9. The van der Waals surface area contributed by atoms with Crippen molar-refractivity contribution in [3.63, 3.8) is 0 Å². The zero-order valence-corrected chi connectivity index (χ0v) is 18.8. The highest BCUT2D eigenvalue weighted by molar-refractivity contribution is 5.03. The number of aliphatic hydroxyl groups is 2. The number of alkyl halides is 9. The SMILES string of the molecule is CC1C2CC(CC(O)(C(F)(F)F)C(F)(F)F)C(C2)C1C.CCC(C)CC(C)(O)C(F)(F)F. The summed E-state index contributed by atoms with van der Waals surface area (Å²) in [6.07, 6.45) is -15.7. The molecule has 2 aliphatic rings. The Kier molecular flexibility index (Phi) is 8.71. The monoisotopic (exact) mass is 488 g/mol. The molecular formula is C21H33F9O2. The Morgan fingerprint density at radius 2 is 1.28 bits per heavy atom. The van der Waals surface area contributed by atoms with Crippen LogP contribution in [0.15, 0.2) is 0 Å². The highest BCUT2D eigenvalue weighted by Crippen LogP contribution is 2.59. The van der Waals surface area contributed by atoms with E-state index < -0.39 is 42.1 Å². The lowest BCUT2D eigenvalue weighted by molar-refractivity contribution is -0.373. The maximum absolute atomic E-state index is 12.7. The molecule has 2 fully saturated rings. The fourth-order valence-electron chi connectivity index (χ4n) is 5.04. The van der Waals surface area contributed by atoms with Crippen molar-refractivity contribution < 1.29 is 49.7 Å². The van der Waals surface area contributed by atoms with E-state index in [2.05, 4.69) is 0 Å². The van der Waals surface area contributed by atoms with Crippen molar-refractivity contribution in [1.29, 1.82) is 0 Å². The summed E-state index contributed by atoms with van der Waals surface area (Å²) in [5, 5.41) is 18.3. The summed E-state index contributed by atoms with van der Waals surface area (Å²) in [6.45, 7) is 8.18. The predicted octanol–water partition coefficient (Wildman–Crippen LogP) is 6.90. The highest BCUT2D eigenvalue weighted by atomic mass is 19.4. The molecule has 0 spiro atoms. The first-order chi connectivity index (χ1) is 14.1. The maximum atomic E-state index is 12.7. The topological polar surface area (TPSA) is 40.5 Å². The van der Waals surface area contributed by atoms with Gasteiger partial charge in [0, 0.05) is 0 Å². The molecule has 11 heteroatoms. The highest BCUT2D eigenvalue weighted by Gasteiger charge is 2.71. The second-order valence-corrected chi connectivity index (χ2v) is 9.92. The van der Waals surface area contributed by atoms with Gasteiger partial charge in [-0.3, -0.25) is 0 Å². The van der Waals surface area contributed by atoms with Crippen LogP contribution in [-0.2, 0) is 0 Å². The molecule has 7 unspecified atom stereocenters. The molecule has 0 aromatic carbocycles. The lowest BCUT2D eigenvalue weighted by Gasteiger charge is -2.39. The van der Waals surface area contributed by atoms with Gasteiger partial charge in [-0.15, -0.1) is 0 Å². The summed E-state index contributed by atoms with van der Waals surface area (Å²) in [4.78, 5) is 0. The Morgan fingerprint density at radius 1 is 0.812 bits per heavy atom. The largest absolute Gasteiger partial charge is 0.426 e. The summed E-state index contributed by atoms with van der Waals surface area (Å²) < 4.78 is 112. The zero-order valence-electron chi connectivity index (χ0n) is 18.8. The van der Waals surface area contributed by atoms with Gasteiger partial charge in [0.15, 0.2) is 5.60 Å². The molecule has 2 aliphatic carbocycles. The van der Waals surface area contributed by atoms with Gasteiger partial charge >= 0.3 is 18.5 Å². The van der Waals surface area contributed by atoms with Crippen LogP contribution in [0.5, 0.6) is 0 Å². The molecule has 0 aromatic rings. The van der Waals surface area contributed by atoms with E-state index in [1.165, 1.54) is 0 Å². The molecule has 0 saturated heterocycles. The number of rotatable bonds is 5. The Labute approximate surface area is 182 Å². The summed E-state index contributed by atoms with van der Waals surface area (Å²) in [6, 6.07) is 0. The smallest absolute Gasteiger partial charge is 0.381 e. The minimum absolute atomic E-state index is 0.110. The minimum atomic E-state index is -5.69. The Hall–Kier alpha value is -0.710. The second kappa shape index (κ2) is 9.50. The normalized spacial score (nSPS) is 31.7. The molecule has 0 heterocycles. The van der Waals surface area contributed by atoms with Gasteiger partial charge in [-0.05, 0) is 68.1 Å². The van der Waals surface area contributed by atoms with Gasteiger partial charge in [0.1, 0.15) is 0 Å². The van der Waals surface area contributed by atoms with Crippen LogP contribution in [0.1, 0.15) is 66.7 Å². The van der Waals surface area contributed by atoms with Crippen molar-refractivity contribution in [3.05, 3.63) is 0 Å². The van der Waals surface area contributed by atoms with E-state index in [4.69, 9.17) is 5.11 Å². The van der Waals surface area contributed by atoms with Crippen molar-refractivity contribution in [2.75, 3.05) is 0 Å². The van der Waals surface area contributed by atoms with Crippen LogP contribution in [0.2, 0.25) is 0 Å². The van der Waals surface area contributed by atoms with Gasteiger partial charge in [0.05, 0.1) is 0 Å². The van der Waals surface area contributed by atoms with Gasteiger partial charge in [-0.25, -0.2) is 0 Å². The zero-order chi connectivity index (χ0) is 25.5. The van der Waals surface area contributed by atoms with Crippen molar-refractivity contribution in [2.45, 2.75) is 96.5 Å². The predicted molar refractivity (Wildman–Crippen MR) is 100 cm³/mol. The third-order valence-electron chi connectivity index (χ3n) is 7.58. The fourth-order valence-corrected chi connectivity index (χ4v) is 5.04. The first-order valence-corrected chi connectivity index (χ1v) is 10.7. The molecule has 0 amide bonds. The van der Waals surface area contributed by atoms with Crippen molar-refractivity contribution in [2.24, 2.45) is 35.5 Å². The Morgan fingerprint density at radius 3 is 1.59 bits per heavy atom. The molecule has 192 valence electrons. The van der Waals surface area contributed by atoms with Crippen LogP contribution in [0.25, 0.3) is 0 Å². The average Bonchev–Trinajstić information content (AvgIpc) is 3.11. The van der Waals surface area contributed by atoms with Crippen LogP contribution in [-0.4, -0.2) is 39.9 Å². The van der Waals surface area contributed by atoms with Gasteiger partial charge in [-0.1, -0.05) is 34.1 Å². The third-order valence-corrected chi connectivity index (χ3v) is 7.58. The second-order valence-electron chi connectivity index (χ2n) is 9.92. The first kappa shape index (κ1) is 29.3. The lowest BCUT2D eigenvalue weighted by Crippen LogP contribution is -2.58. The summed E-state index contributed by atoms with van der Waals surface area (Å²) in [7, 11) is 0. The lowest BCUT2D eigenvalue weighted by atomic mass is 9.72. The van der Waals surface area contributed by atoms with Gasteiger partial charge in [-0.2, -0.15) is 39.5 Å². The molecule has 2 nitrogen and oxygen atoms in total. The molecule has 2 saturated carbocycles. The van der Waals surface area contributed by atoms with E-state index in [9.17, 15) is 44.6 Å². The Balaban J connectivity index is 0.000000368. The fraction of sp³-hybridized carbons (Fsp3) is 1.00. The quantitative estimate of drug-likeness (QED) is 0.414. The van der Waals surface area contributed by atoms with E-state index in [1.54, 1.807) is 13.8 Å². The molecule has 2 N–H and O–H groups in total. The van der Waals surface area contributed by atoms with Gasteiger partial charge < -0.3 is 10.2 Å². The number of fused-ring (bicyclic) bond motifs is 2. The van der Waals surface area contributed by atoms with E-state index >= 15 is 0 Å². The van der Waals surface area contributed by atoms with E-state index in [0.717, 1.165) is 6.92 Å². The standard InChI is InChI=1S/C13H18F6O.C8H15F3O/c1-6-7(2)10-4-8(6)3-9(10)5-11(20,12(14,15)16)13(17,18)19;1-4-6(2)5-7(3,12)8(9,10)11/h6-10,20H,3-5H2,1-2H3;6,12H,4-5H2,1-3H3. The first-order valence-electron chi connectivity index (χ1n) is 10.7. The van der Waals surface area contributed by atoms with E-state index in [0.29, 0.717) is 25.2 Å². The van der Waals surface area contributed by atoms with Crippen LogP contribution in [0, 0.1) is 35.5 Å². The number of hydrogen-bond acceptors (Lipinski definition) is 2.